The van der Waals surface area contributed by atoms with Crippen LogP contribution < -0.4 is 0 Å². The molecule has 1 N–H and O–H groups in total. The summed E-state index contributed by atoms with van der Waals surface area (Å²) >= 11 is 18.8. The van der Waals surface area contributed by atoms with E-state index in [1.165, 1.54) is 170 Å². The van der Waals surface area contributed by atoms with Crippen LogP contribution in [0.3, 0.4) is 0 Å². The predicted molar refractivity (Wildman–Crippen MR) is 384 cm³/mol. The first-order chi connectivity index (χ1) is 53.1. The number of rotatable bonds is 26. The average Bonchev–Trinajstić information content (AvgIpc) is 0.777. The molecule has 0 amide bonds. The third-order valence-corrected chi connectivity index (χ3v) is 17.4. The zero-order chi connectivity index (χ0) is 77.8. The maximum Gasteiger partial charge on any atom is 0.338 e. The van der Waals surface area contributed by atoms with Gasteiger partial charge in [-0.05, 0) is 97.1 Å². The molecule has 3 saturated heterocycles. The van der Waals surface area contributed by atoms with Gasteiger partial charge < -0.3 is 75.8 Å². The normalized spacial score (nSPS) is 23.5. The van der Waals surface area contributed by atoms with Gasteiger partial charge in [0.05, 0.1) is 51.1 Å². The molecule has 11 rings (SSSR count). The van der Waals surface area contributed by atoms with Gasteiger partial charge in [-0.15, -0.1) is 0 Å². The number of alkyl halides is 3. The highest BCUT2D eigenvalue weighted by Gasteiger charge is 2.60. The summed E-state index contributed by atoms with van der Waals surface area (Å²) in [5.41, 5.74) is -0.356. The Hall–Kier alpha value is -11.4. The summed E-state index contributed by atoms with van der Waals surface area (Å²) in [4.78, 5) is 143. The Morgan fingerprint density at radius 3 is 0.836 bits per heavy atom. The van der Waals surface area contributed by atoms with E-state index in [9.17, 15) is 47.9 Å². The summed E-state index contributed by atoms with van der Waals surface area (Å²) in [6.45, 7) is -0.932. The third kappa shape index (κ3) is 20.9. The molecule has 0 spiro atoms. The predicted octanol–water partition coefficient (Wildman–Crippen LogP) is 10.9. The minimum absolute atomic E-state index is 0.0254. The lowest BCUT2D eigenvalue weighted by molar-refractivity contribution is -0.359. The van der Waals surface area contributed by atoms with Crippen molar-refractivity contribution in [2.24, 2.45) is 0 Å². The maximum absolute atomic E-state index is 14.8. The summed E-state index contributed by atoms with van der Waals surface area (Å²) in [7, 11) is 0. The largest absolute Gasteiger partial charge is 0.459 e. The van der Waals surface area contributed by atoms with E-state index in [4.69, 9.17) is 116 Å². The second kappa shape index (κ2) is 37.6. The fourth-order valence-corrected chi connectivity index (χ4v) is 11.9. The molecule has 3 aliphatic heterocycles. The molecule has 8 aromatic carbocycles. The van der Waals surface area contributed by atoms with Gasteiger partial charge in [0.25, 0.3) is 3.79 Å². The van der Waals surface area contributed by atoms with E-state index in [1.54, 1.807) is 72.8 Å². The smallest absolute Gasteiger partial charge is 0.338 e. The van der Waals surface area contributed by atoms with Crippen LogP contribution in [0.15, 0.2) is 243 Å². The Labute approximate surface area is 643 Å². The van der Waals surface area contributed by atoms with Crippen molar-refractivity contribution in [2.75, 3.05) is 19.8 Å². The number of nitrogens with one attached hydrogen (secondary N) is 1. The Morgan fingerprint density at radius 1 is 0.291 bits per heavy atom. The van der Waals surface area contributed by atoms with Gasteiger partial charge in [-0.2, -0.15) is 0 Å². The van der Waals surface area contributed by atoms with Crippen LogP contribution in [0.5, 0.6) is 0 Å². The molecule has 30 heteroatoms. The molecule has 0 aliphatic carbocycles. The molecule has 15 atom stereocenters. The molecule has 0 saturated carbocycles. The molecule has 570 valence electrons. The van der Waals surface area contributed by atoms with Gasteiger partial charge in [0, 0.05) is 13.8 Å². The Bertz CT molecular complexity index is 4500. The van der Waals surface area contributed by atoms with Gasteiger partial charge in [0.15, 0.2) is 61.4 Å². The average molecular weight is 1570 g/mol. The number of hydrogen-bond acceptors (Lipinski definition) is 27. The van der Waals surface area contributed by atoms with Crippen LogP contribution in [0.4, 0.5) is 0 Å². The summed E-state index contributed by atoms with van der Waals surface area (Å²) < 4.78 is 98.1. The van der Waals surface area contributed by atoms with Crippen LogP contribution >= 0.6 is 34.8 Å². The lowest BCUT2D eigenvalue weighted by Crippen LogP contribution is -2.68. The Kier molecular flexibility index (Phi) is 27.2. The van der Waals surface area contributed by atoms with Crippen LogP contribution in [0.25, 0.3) is 0 Å². The fourth-order valence-electron chi connectivity index (χ4n) is 11.7. The lowest BCUT2D eigenvalue weighted by atomic mass is 9.95. The molecule has 0 unspecified atom stereocenters. The van der Waals surface area contributed by atoms with Crippen molar-refractivity contribution < 1.29 is 124 Å². The Morgan fingerprint density at radius 2 is 0.527 bits per heavy atom. The van der Waals surface area contributed by atoms with E-state index < -0.39 is 181 Å². The number of carbonyl (C=O) groups is 10. The zero-order valence-electron chi connectivity index (χ0n) is 58.1. The highest BCUT2D eigenvalue weighted by Crippen LogP contribution is 2.40. The molecule has 3 fully saturated rings. The van der Waals surface area contributed by atoms with Gasteiger partial charge in [-0.1, -0.05) is 180 Å². The van der Waals surface area contributed by atoms with Crippen LogP contribution in [0.1, 0.15) is 96.7 Å². The monoisotopic (exact) mass is 1560 g/mol. The van der Waals surface area contributed by atoms with Crippen LogP contribution in [-0.4, -0.2) is 181 Å². The number of esters is 10. The number of carbonyl (C=O) groups excluding carboxylic acids is 10. The molecule has 3 heterocycles. The van der Waals surface area contributed by atoms with Gasteiger partial charge in [0.1, 0.15) is 37.6 Å². The van der Waals surface area contributed by atoms with Gasteiger partial charge in [-0.3, -0.25) is 15.0 Å². The minimum Gasteiger partial charge on any atom is -0.459 e. The Balaban J connectivity index is 1.05. The van der Waals surface area contributed by atoms with Crippen molar-refractivity contribution in [1.82, 2.24) is 0 Å². The zero-order valence-corrected chi connectivity index (χ0v) is 60.4. The van der Waals surface area contributed by atoms with Gasteiger partial charge in [0.2, 0.25) is 12.2 Å². The maximum atomic E-state index is 14.8. The first-order valence-electron chi connectivity index (χ1n) is 34.0. The van der Waals surface area contributed by atoms with Crippen molar-refractivity contribution in [3.05, 3.63) is 287 Å². The third-order valence-electron chi connectivity index (χ3n) is 16.9. The summed E-state index contributed by atoms with van der Waals surface area (Å²) in [6, 6.07) is 59.8. The van der Waals surface area contributed by atoms with Crippen molar-refractivity contribution >= 4 is 100 Å². The number of halogens is 3. The first kappa shape index (κ1) is 79.6. The lowest BCUT2D eigenvalue weighted by Gasteiger charge is -2.49. The second-order valence-electron chi connectivity index (χ2n) is 24.5. The highest BCUT2D eigenvalue weighted by atomic mass is 35.6. The molecule has 0 radical (unpaired) electrons. The van der Waals surface area contributed by atoms with Crippen molar-refractivity contribution in [3.63, 3.8) is 0 Å². The summed E-state index contributed by atoms with van der Waals surface area (Å²) in [5, 5.41) is 8.90. The molecule has 8 aromatic rings. The summed E-state index contributed by atoms with van der Waals surface area (Å²) in [5.74, 6) is -11.9. The van der Waals surface area contributed by atoms with Crippen molar-refractivity contribution in [3.8, 4) is 0 Å². The number of benzene rings is 8. The van der Waals surface area contributed by atoms with Gasteiger partial charge >= 0.3 is 59.7 Å². The fraction of sp³-hybridized carbons (Fsp3) is 0.263. The minimum atomic E-state index is -2.74. The highest BCUT2D eigenvalue weighted by molar-refractivity contribution is 6.76. The summed E-state index contributed by atoms with van der Waals surface area (Å²) in [6.07, 6.45) is -31.2. The van der Waals surface area contributed by atoms with E-state index in [0.29, 0.717) is 0 Å². The first-order valence-corrected chi connectivity index (χ1v) is 35.1. The standard InChI is InChI=1S/C80H68Cl3NO26/c1-46(85)98-59-58(45-97-76-65(107-74(93)54-39-23-9-24-40-54)62(105-72(91)52-35-19-7-20-36-52)60(103-70(89)50-31-15-5-16-32-50)56(100-76)43-95-68(87)48-27-11-3-12-28-48)102-78(110-79(84)80(81,82)83)66(99-47(2)86)64(59)109-77-67(108-75(94)55-41-25-10-26-42-55)63(106-73(92)53-37-21-8-22-38-53)61(104-71(90)51-33-17-6-18-34-51)57(101-77)44-96-69(88)49-29-13-4-14-30-49/h3-42,56-67,76-78,84H,43-45H2,1-2H3/t56-,57-,58-,59+,60+,61+,62+,63+,64+,65-,66-,67-,76-,77+,78-/m1/s1. The van der Waals surface area contributed by atoms with Crippen LogP contribution in [-0.2, 0) is 85.4 Å². The van der Waals surface area contributed by atoms with E-state index in [2.05, 4.69) is 0 Å². The molecule has 3 aliphatic rings. The topological polar surface area (TPSA) is 342 Å². The quantitative estimate of drug-likeness (QED) is 0.0173. The number of ether oxygens (including phenoxy) is 16. The molecular weight excluding hydrogens is 1500 g/mol. The van der Waals surface area contributed by atoms with E-state index in [0.717, 1.165) is 13.8 Å². The van der Waals surface area contributed by atoms with Crippen molar-refractivity contribution in [2.45, 2.75) is 110 Å². The molecule has 0 bridgehead atoms. The second-order valence-corrected chi connectivity index (χ2v) is 26.8. The van der Waals surface area contributed by atoms with Crippen LogP contribution in [0, 0.1) is 5.41 Å². The molecule has 110 heavy (non-hydrogen) atoms. The molecular formula is C80H68Cl3NO26. The SMILES string of the molecule is CC(=O)O[C@@H]1[C@H](O[C@@H]2O[C@H](COC(=O)c3ccccc3)[C@H](OC(=O)c3ccccc3)[C@H](OC(=O)c3ccccc3)[C@H]2OC(=O)c2ccccc2)[C@@H](OC(C)=O)[C@@H](OC(=N)C(Cl)(Cl)Cl)O[C@@H]1CO[C@@H]1O[C@H](COC(=O)c2ccccc2)[C@H](OC(=O)c2ccccc2)[C@H](OC(=O)c2ccccc2)[C@H]1OC(=O)c1ccccc1. The van der Waals surface area contributed by atoms with E-state index >= 15 is 0 Å². The van der Waals surface area contributed by atoms with E-state index in [1.807, 2.05) is 0 Å². The van der Waals surface area contributed by atoms with Gasteiger partial charge in [-0.25, -0.2) is 38.4 Å². The van der Waals surface area contributed by atoms with Crippen LogP contribution in [0.2, 0.25) is 0 Å². The van der Waals surface area contributed by atoms with Crippen molar-refractivity contribution in [1.29, 1.82) is 5.41 Å². The number of hydrogen-bond donors (Lipinski definition) is 1. The van der Waals surface area contributed by atoms with E-state index in [-0.39, 0.29) is 44.5 Å². The molecule has 27 nitrogen and oxygen atoms in total. The molecule has 0 aromatic heterocycles.